The summed E-state index contributed by atoms with van der Waals surface area (Å²) < 4.78 is 21.1. The topological polar surface area (TPSA) is 74.7 Å². The lowest BCUT2D eigenvalue weighted by molar-refractivity contribution is -0.136. The minimum absolute atomic E-state index is 0.525. The van der Waals surface area contributed by atoms with Crippen molar-refractivity contribution in [2.24, 2.45) is 0 Å². The molecule has 0 aliphatic carbocycles. The highest BCUT2D eigenvalue weighted by Crippen LogP contribution is 2.00. The lowest BCUT2D eigenvalue weighted by Gasteiger charge is -2.07. The average Bonchev–Trinajstić information content (AvgIpc) is 1.60. The second-order valence-electron chi connectivity index (χ2n) is 1.59. The van der Waals surface area contributed by atoms with Crippen molar-refractivity contribution in [3.05, 3.63) is 0 Å². The molecule has 0 spiro atoms. The van der Waals surface area contributed by atoms with Crippen LogP contribution in [-0.4, -0.2) is 37.4 Å². The number of carboxylic acid groups (broad SMARTS) is 1. The summed E-state index contributed by atoms with van der Waals surface area (Å²) >= 11 is 0. The molecule has 0 unspecified atom stereocenters. The van der Waals surface area contributed by atoms with Crippen LogP contribution >= 0.6 is 10.7 Å². The number of nitrogens with zero attached hydrogens (tertiary/aromatic N) is 1. The van der Waals surface area contributed by atoms with E-state index in [0.29, 0.717) is 4.31 Å². The first-order chi connectivity index (χ1) is 4.34. The Bertz CT molecular complexity index is 223. The van der Waals surface area contributed by atoms with Gasteiger partial charge >= 0.3 is 5.97 Å². The Balaban J connectivity index is 4.12. The van der Waals surface area contributed by atoms with Crippen molar-refractivity contribution in [2.45, 2.75) is 0 Å². The van der Waals surface area contributed by atoms with Gasteiger partial charge in [-0.15, -0.1) is 0 Å². The smallest absolute Gasteiger partial charge is 0.318 e. The SMILES string of the molecule is CN(CC(=O)O)S(=O)(=O)Cl. The zero-order valence-electron chi connectivity index (χ0n) is 5.11. The molecule has 0 aromatic heterocycles. The van der Waals surface area contributed by atoms with Crippen LogP contribution in [0.1, 0.15) is 0 Å². The number of carboxylic acids is 1. The van der Waals surface area contributed by atoms with Crippen molar-refractivity contribution in [3.63, 3.8) is 0 Å². The fourth-order valence-corrected chi connectivity index (χ4v) is 0.679. The second kappa shape index (κ2) is 3.18. The molecular weight excluding hydrogens is 182 g/mol. The summed E-state index contributed by atoms with van der Waals surface area (Å²) in [5.41, 5.74) is 0. The maximum atomic E-state index is 10.3. The van der Waals surface area contributed by atoms with Crippen LogP contribution in [0, 0.1) is 0 Å². The lowest BCUT2D eigenvalue weighted by atomic mass is 10.7. The molecule has 0 aromatic carbocycles. The van der Waals surface area contributed by atoms with E-state index < -0.39 is 21.8 Å². The minimum atomic E-state index is -3.87. The first-order valence-electron chi connectivity index (χ1n) is 2.21. The molecule has 0 rings (SSSR count). The standard InChI is InChI=1S/C3H6ClNO4S/c1-5(2-3(6)7)10(4,8)9/h2H2,1H3,(H,6,7). The molecule has 0 heterocycles. The Labute approximate surface area is 62.8 Å². The fourth-order valence-electron chi connectivity index (χ4n) is 0.268. The number of hydrogen-bond acceptors (Lipinski definition) is 3. The van der Waals surface area contributed by atoms with Crippen LogP contribution in [0.5, 0.6) is 0 Å². The van der Waals surface area contributed by atoms with Crippen LogP contribution in [-0.2, 0) is 14.0 Å². The molecule has 10 heavy (non-hydrogen) atoms. The molecule has 0 atom stereocenters. The van der Waals surface area contributed by atoms with E-state index in [0.717, 1.165) is 7.05 Å². The van der Waals surface area contributed by atoms with E-state index in [1.807, 2.05) is 0 Å². The predicted molar refractivity (Wildman–Crippen MR) is 35.0 cm³/mol. The minimum Gasteiger partial charge on any atom is -0.480 e. The van der Waals surface area contributed by atoms with Gasteiger partial charge in [0.25, 0.3) is 9.24 Å². The molecule has 0 aliphatic rings. The van der Waals surface area contributed by atoms with Crippen LogP contribution in [0.15, 0.2) is 0 Å². The molecule has 1 N–H and O–H groups in total. The summed E-state index contributed by atoms with van der Waals surface area (Å²) in [6.45, 7) is -0.619. The number of carbonyl (C=O) groups is 1. The van der Waals surface area contributed by atoms with Crippen LogP contribution in [0.3, 0.4) is 0 Å². The van der Waals surface area contributed by atoms with Crippen LogP contribution in [0.4, 0.5) is 0 Å². The lowest BCUT2D eigenvalue weighted by Crippen LogP contribution is -2.28. The van der Waals surface area contributed by atoms with Crippen LogP contribution in [0.25, 0.3) is 0 Å². The molecule has 0 aliphatic heterocycles. The zero-order chi connectivity index (χ0) is 8.36. The Hall–Kier alpha value is -0.330. The van der Waals surface area contributed by atoms with Crippen molar-refractivity contribution in [3.8, 4) is 0 Å². The van der Waals surface area contributed by atoms with Gasteiger partial charge in [-0.3, -0.25) is 4.79 Å². The zero-order valence-corrected chi connectivity index (χ0v) is 6.68. The first kappa shape index (κ1) is 9.67. The van der Waals surface area contributed by atoms with Crippen LogP contribution in [0.2, 0.25) is 0 Å². The quantitative estimate of drug-likeness (QED) is 0.604. The van der Waals surface area contributed by atoms with Gasteiger partial charge < -0.3 is 5.11 Å². The molecule has 0 saturated carbocycles. The molecule has 7 heteroatoms. The summed E-state index contributed by atoms with van der Waals surface area (Å²) in [5.74, 6) is -1.24. The van der Waals surface area contributed by atoms with Gasteiger partial charge in [0.05, 0.1) is 0 Å². The van der Waals surface area contributed by atoms with E-state index in [9.17, 15) is 13.2 Å². The molecule has 0 amide bonds. The van der Waals surface area contributed by atoms with Gasteiger partial charge in [-0.25, -0.2) is 0 Å². The highest BCUT2D eigenvalue weighted by atomic mass is 35.7. The van der Waals surface area contributed by atoms with Gasteiger partial charge in [0, 0.05) is 17.7 Å². The Morgan fingerprint density at radius 2 is 2.10 bits per heavy atom. The average molecular weight is 188 g/mol. The van der Waals surface area contributed by atoms with E-state index in [1.54, 1.807) is 0 Å². The summed E-state index contributed by atoms with van der Waals surface area (Å²) in [6.07, 6.45) is 0. The summed E-state index contributed by atoms with van der Waals surface area (Å²) in [4.78, 5) is 9.89. The Kier molecular flexibility index (Phi) is 3.07. The van der Waals surface area contributed by atoms with Gasteiger partial charge in [0.15, 0.2) is 0 Å². The van der Waals surface area contributed by atoms with Gasteiger partial charge in [-0.05, 0) is 0 Å². The maximum Gasteiger partial charge on any atom is 0.318 e. The van der Waals surface area contributed by atoms with Gasteiger partial charge in [0.1, 0.15) is 6.54 Å². The molecular formula is C3H6ClNO4S. The van der Waals surface area contributed by atoms with E-state index in [4.69, 9.17) is 15.8 Å². The van der Waals surface area contributed by atoms with Crippen LogP contribution < -0.4 is 0 Å². The number of rotatable bonds is 3. The molecule has 0 fully saturated rings. The van der Waals surface area contributed by atoms with Crippen molar-refractivity contribution in [1.29, 1.82) is 0 Å². The number of halogens is 1. The van der Waals surface area contributed by atoms with Gasteiger partial charge in [0.2, 0.25) is 0 Å². The molecule has 5 nitrogen and oxygen atoms in total. The Morgan fingerprint density at radius 1 is 1.70 bits per heavy atom. The van der Waals surface area contributed by atoms with E-state index in [1.165, 1.54) is 0 Å². The molecule has 0 bridgehead atoms. The second-order valence-corrected chi connectivity index (χ2v) is 4.21. The number of likely N-dealkylation sites (N-methyl/N-ethyl adjacent to an activating group) is 1. The summed E-state index contributed by atoms with van der Waals surface area (Å²) in [5, 5.41) is 8.08. The Morgan fingerprint density at radius 3 is 2.20 bits per heavy atom. The third-order valence-electron chi connectivity index (χ3n) is 0.730. The first-order valence-corrected chi connectivity index (χ1v) is 4.48. The maximum absolute atomic E-state index is 10.3. The molecule has 0 radical (unpaired) electrons. The molecule has 0 saturated heterocycles. The third-order valence-corrected chi connectivity index (χ3v) is 2.31. The fraction of sp³-hybridized carbons (Fsp3) is 0.667. The highest BCUT2D eigenvalue weighted by molar-refractivity contribution is 8.11. The van der Waals surface area contributed by atoms with Gasteiger partial charge in [-0.2, -0.15) is 12.7 Å². The van der Waals surface area contributed by atoms with E-state index in [-0.39, 0.29) is 0 Å². The molecule has 60 valence electrons. The third kappa shape index (κ3) is 3.65. The monoisotopic (exact) mass is 187 g/mol. The summed E-state index contributed by atoms with van der Waals surface area (Å²) in [7, 11) is 1.97. The molecule has 0 aromatic rings. The number of hydrogen-bond donors (Lipinski definition) is 1. The van der Waals surface area contributed by atoms with E-state index in [2.05, 4.69) is 0 Å². The normalized spacial score (nSPS) is 11.9. The van der Waals surface area contributed by atoms with Crippen molar-refractivity contribution < 1.29 is 18.3 Å². The highest BCUT2D eigenvalue weighted by Gasteiger charge is 2.15. The van der Waals surface area contributed by atoms with Gasteiger partial charge in [-0.1, -0.05) is 0 Å². The predicted octanol–water partition coefficient (Wildman–Crippen LogP) is -0.514. The van der Waals surface area contributed by atoms with E-state index >= 15 is 0 Å². The summed E-state index contributed by atoms with van der Waals surface area (Å²) in [6, 6.07) is 0. The van der Waals surface area contributed by atoms with Crippen molar-refractivity contribution in [1.82, 2.24) is 4.31 Å². The van der Waals surface area contributed by atoms with Crippen molar-refractivity contribution in [2.75, 3.05) is 13.6 Å². The number of aliphatic carboxylic acids is 1. The van der Waals surface area contributed by atoms with Crippen molar-refractivity contribution >= 4 is 25.9 Å². The largest absolute Gasteiger partial charge is 0.480 e.